The third kappa shape index (κ3) is 3.07. The lowest BCUT2D eigenvalue weighted by molar-refractivity contribution is 0.0889. The van der Waals surface area contributed by atoms with Gasteiger partial charge in [0, 0.05) is 34.7 Å². The van der Waals surface area contributed by atoms with E-state index in [2.05, 4.69) is 6.58 Å². The summed E-state index contributed by atoms with van der Waals surface area (Å²) >= 11 is 0. The first kappa shape index (κ1) is 18.6. The van der Waals surface area contributed by atoms with Crippen molar-refractivity contribution in [1.29, 1.82) is 0 Å². The molecule has 0 amide bonds. The maximum atomic E-state index is 13.1. The lowest BCUT2D eigenvalue weighted by Gasteiger charge is -2.29. The molecule has 0 aliphatic carbocycles. The Hall–Kier alpha value is -3.15. The van der Waals surface area contributed by atoms with Crippen molar-refractivity contribution in [2.45, 2.75) is 25.2 Å². The molecule has 1 aliphatic heterocycles. The first-order valence-corrected chi connectivity index (χ1v) is 8.47. The van der Waals surface area contributed by atoms with Gasteiger partial charge in [-0.3, -0.25) is 4.79 Å². The Morgan fingerprint density at radius 3 is 2.52 bits per heavy atom. The van der Waals surface area contributed by atoms with Gasteiger partial charge in [0.1, 0.15) is 40.9 Å². The van der Waals surface area contributed by atoms with Crippen LogP contribution in [0.4, 0.5) is 0 Å². The summed E-state index contributed by atoms with van der Waals surface area (Å²) in [4.78, 5) is 13.1. The Kier molecular flexibility index (Phi) is 4.51. The number of ketones is 1. The van der Waals surface area contributed by atoms with Crippen LogP contribution in [0.15, 0.2) is 36.9 Å². The molecule has 0 spiro atoms. The van der Waals surface area contributed by atoms with Crippen LogP contribution in [0.1, 0.15) is 41.3 Å². The van der Waals surface area contributed by atoms with Crippen LogP contribution in [0, 0.1) is 0 Å². The molecule has 0 saturated heterocycles. The molecule has 0 radical (unpaired) electrons. The van der Waals surface area contributed by atoms with Crippen molar-refractivity contribution in [2.24, 2.45) is 0 Å². The minimum Gasteiger partial charge on any atom is -0.508 e. The Labute approximate surface area is 157 Å². The smallest absolute Gasteiger partial charge is 0.181 e. The van der Waals surface area contributed by atoms with Crippen LogP contribution in [-0.4, -0.2) is 34.8 Å². The number of hydrogen-bond acceptors (Lipinski definition) is 6. The van der Waals surface area contributed by atoms with E-state index >= 15 is 0 Å². The van der Waals surface area contributed by atoms with Crippen molar-refractivity contribution >= 4 is 5.78 Å². The van der Waals surface area contributed by atoms with E-state index < -0.39 is 11.3 Å². The highest BCUT2D eigenvalue weighted by atomic mass is 16.5. The van der Waals surface area contributed by atoms with Crippen LogP contribution in [0.2, 0.25) is 0 Å². The normalized spacial score (nSPS) is 16.4. The van der Waals surface area contributed by atoms with Crippen LogP contribution in [0.5, 0.6) is 28.7 Å². The topological polar surface area (TPSA) is 96.2 Å². The van der Waals surface area contributed by atoms with Crippen molar-refractivity contribution in [2.75, 3.05) is 13.7 Å². The van der Waals surface area contributed by atoms with E-state index in [9.17, 15) is 20.1 Å². The van der Waals surface area contributed by atoms with E-state index in [0.717, 1.165) is 6.07 Å². The molecule has 3 rings (SSSR count). The predicted octanol–water partition coefficient (Wildman–Crippen LogP) is 3.63. The number of Topliss-reactive ketones (excluding diaryl/α,β-unsaturated/α-hetero) is 1. The van der Waals surface area contributed by atoms with Crippen molar-refractivity contribution in [3.63, 3.8) is 0 Å². The van der Waals surface area contributed by atoms with Gasteiger partial charge >= 0.3 is 0 Å². The van der Waals surface area contributed by atoms with Gasteiger partial charge in [0.25, 0.3) is 0 Å². The standard InChI is InChI=1S/C21H22O6/c1-5-21(2,3)14-8-12(17(26-4)9-15(14)23)13-10-27-18-7-11(22)6-16(24)19(18)20(13)25/h5-9,13,22-24H,1,10H2,2-4H3/t13-/m1/s1. The van der Waals surface area contributed by atoms with E-state index in [1.807, 2.05) is 13.8 Å². The van der Waals surface area contributed by atoms with E-state index in [1.54, 1.807) is 12.1 Å². The molecule has 6 heteroatoms. The molecule has 1 atom stereocenters. The number of allylic oxidation sites excluding steroid dienone is 1. The van der Waals surface area contributed by atoms with Gasteiger partial charge in [0.2, 0.25) is 0 Å². The summed E-state index contributed by atoms with van der Waals surface area (Å²) in [6, 6.07) is 5.58. The fourth-order valence-electron chi connectivity index (χ4n) is 3.26. The van der Waals surface area contributed by atoms with Crippen LogP contribution in [0.25, 0.3) is 0 Å². The van der Waals surface area contributed by atoms with Gasteiger partial charge in [-0.1, -0.05) is 19.9 Å². The predicted molar refractivity (Wildman–Crippen MR) is 100 cm³/mol. The van der Waals surface area contributed by atoms with Crippen LogP contribution < -0.4 is 9.47 Å². The second-order valence-corrected chi connectivity index (χ2v) is 7.10. The zero-order chi connectivity index (χ0) is 19.9. The van der Waals surface area contributed by atoms with Gasteiger partial charge in [0.05, 0.1) is 13.0 Å². The zero-order valence-corrected chi connectivity index (χ0v) is 15.4. The lowest BCUT2D eigenvalue weighted by atomic mass is 9.80. The number of phenols is 3. The van der Waals surface area contributed by atoms with Gasteiger partial charge in [-0.25, -0.2) is 0 Å². The number of benzene rings is 2. The van der Waals surface area contributed by atoms with Crippen LogP contribution in [-0.2, 0) is 5.41 Å². The summed E-state index contributed by atoms with van der Waals surface area (Å²) < 4.78 is 11.0. The van der Waals surface area contributed by atoms with Crippen molar-refractivity contribution in [3.8, 4) is 28.7 Å². The van der Waals surface area contributed by atoms with Gasteiger partial charge in [-0.05, 0) is 6.07 Å². The first-order chi connectivity index (χ1) is 12.7. The SMILES string of the molecule is C=CC(C)(C)c1cc([C@H]2COc3cc(O)cc(O)c3C2=O)c(OC)cc1O. The molecule has 0 saturated carbocycles. The van der Waals surface area contributed by atoms with Crippen molar-refractivity contribution < 1.29 is 29.6 Å². The quantitative estimate of drug-likeness (QED) is 0.711. The highest BCUT2D eigenvalue weighted by molar-refractivity contribution is 6.07. The molecule has 27 heavy (non-hydrogen) atoms. The minimum atomic E-state index is -0.733. The monoisotopic (exact) mass is 370 g/mol. The summed E-state index contributed by atoms with van der Waals surface area (Å²) in [5.74, 6) is -1.09. The van der Waals surface area contributed by atoms with E-state index in [0.29, 0.717) is 16.9 Å². The highest BCUT2D eigenvalue weighted by Crippen LogP contribution is 2.44. The molecule has 142 valence electrons. The number of aromatic hydroxyl groups is 3. The molecule has 2 aromatic rings. The summed E-state index contributed by atoms with van der Waals surface area (Å²) in [6.07, 6.45) is 1.71. The molecule has 6 nitrogen and oxygen atoms in total. The number of methoxy groups -OCH3 is 1. The molecule has 1 aliphatic rings. The van der Waals surface area contributed by atoms with Gasteiger partial charge in [-0.15, -0.1) is 6.58 Å². The summed E-state index contributed by atoms with van der Waals surface area (Å²) in [5, 5.41) is 30.1. The fourth-order valence-corrected chi connectivity index (χ4v) is 3.26. The molecule has 0 fully saturated rings. The fraction of sp³-hybridized carbons (Fsp3) is 0.286. The molecular weight excluding hydrogens is 348 g/mol. The van der Waals surface area contributed by atoms with Crippen LogP contribution in [0.3, 0.4) is 0 Å². The third-order valence-electron chi connectivity index (χ3n) is 4.96. The number of carbonyl (C=O) groups is 1. The van der Waals surface area contributed by atoms with E-state index in [4.69, 9.17) is 9.47 Å². The average molecular weight is 370 g/mol. The second-order valence-electron chi connectivity index (χ2n) is 7.10. The maximum absolute atomic E-state index is 13.1. The van der Waals surface area contributed by atoms with E-state index in [-0.39, 0.29) is 41.0 Å². The zero-order valence-electron chi connectivity index (χ0n) is 15.4. The van der Waals surface area contributed by atoms with Gasteiger partial charge < -0.3 is 24.8 Å². The highest BCUT2D eigenvalue weighted by Gasteiger charge is 2.36. The maximum Gasteiger partial charge on any atom is 0.181 e. The van der Waals surface area contributed by atoms with Gasteiger partial charge in [0.15, 0.2) is 5.78 Å². The average Bonchev–Trinajstić information content (AvgIpc) is 2.61. The molecule has 0 aromatic heterocycles. The number of carbonyl (C=O) groups excluding carboxylic acids is 1. The summed E-state index contributed by atoms with van der Waals surface area (Å²) in [7, 11) is 1.45. The Morgan fingerprint density at radius 1 is 1.19 bits per heavy atom. The first-order valence-electron chi connectivity index (χ1n) is 8.47. The number of rotatable bonds is 4. The molecule has 0 bridgehead atoms. The largest absolute Gasteiger partial charge is 0.508 e. The molecule has 2 aromatic carbocycles. The number of ether oxygens (including phenoxy) is 2. The molecular formula is C21H22O6. The van der Waals surface area contributed by atoms with Crippen LogP contribution >= 0.6 is 0 Å². The second kappa shape index (κ2) is 6.54. The Balaban J connectivity index is 2.15. The molecule has 0 unspecified atom stereocenters. The van der Waals surface area contributed by atoms with Crippen molar-refractivity contribution in [3.05, 3.63) is 53.6 Å². The van der Waals surface area contributed by atoms with Gasteiger partial charge in [-0.2, -0.15) is 0 Å². The Morgan fingerprint density at radius 2 is 1.89 bits per heavy atom. The summed E-state index contributed by atoms with van der Waals surface area (Å²) in [6.45, 7) is 7.62. The van der Waals surface area contributed by atoms with Crippen molar-refractivity contribution in [1.82, 2.24) is 0 Å². The summed E-state index contributed by atoms with van der Waals surface area (Å²) in [5.41, 5.74) is 0.629. The molecule has 1 heterocycles. The minimum absolute atomic E-state index is 0.0173. The lowest BCUT2D eigenvalue weighted by Crippen LogP contribution is -2.27. The number of hydrogen-bond donors (Lipinski definition) is 3. The molecule has 3 N–H and O–H groups in total. The van der Waals surface area contributed by atoms with E-state index in [1.165, 1.54) is 19.2 Å². The third-order valence-corrected chi connectivity index (χ3v) is 4.96. The number of fused-ring (bicyclic) bond motifs is 1. The Bertz CT molecular complexity index is 929. The number of phenolic OH excluding ortho intramolecular Hbond substituents is 3.